The van der Waals surface area contributed by atoms with Crippen LogP contribution in [0.25, 0.3) is 10.2 Å². The SMILES string of the molecule is CC(C)(C)OC(=O)c1ccc2ncsc2c1. The van der Waals surface area contributed by atoms with E-state index in [-0.39, 0.29) is 5.97 Å². The molecule has 0 fully saturated rings. The van der Waals surface area contributed by atoms with E-state index in [0.717, 1.165) is 10.2 Å². The summed E-state index contributed by atoms with van der Waals surface area (Å²) >= 11 is 1.52. The molecule has 16 heavy (non-hydrogen) atoms. The lowest BCUT2D eigenvalue weighted by atomic mass is 10.1. The standard InChI is InChI=1S/C12H13NO2S/c1-12(2,3)15-11(14)8-4-5-9-10(6-8)16-7-13-9/h4-7H,1-3H3. The summed E-state index contributed by atoms with van der Waals surface area (Å²) in [4.78, 5) is 15.9. The van der Waals surface area contributed by atoms with Crippen LogP contribution in [0.4, 0.5) is 0 Å². The normalized spacial score (nSPS) is 11.7. The molecule has 0 bridgehead atoms. The van der Waals surface area contributed by atoms with E-state index < -0.39 is 5.60 Å². The van der Waals surface area contributed by atoms with E-state index in [4.69, 9.17) is 4.74 Å². The van der Waals surface area contributed by atoms with E-state index in [9.17, 15) is 4.79 Å². The van der Waals surface area contributed by atoms with Gasteiger partial charge in [0.15, 0.2) is 0 Å². The number of benzene rings is 1. The molecule has 1 heterocycles. The maximum absolute atomic E-state index is 11.8. The lowest BCUT2D eigenvalue weighted by Gasteiger charge is -2.19. The highest BCUT2D eigenvalue weighted by Gasteiger charge is 2.18. The van der Waals surface area contributed by atoms with Crippen molar-refractivity contribution in [3.63, 3.8) is 0 Å². The maximum atomic E-state index is 11.8. The van der Waals surface area contributed by atoms with E-state index >= 15 is 0 Å². The van der Waals surface area contributed by atoms with Crippen molar-refractivity contribution >= 4 is 27.5 Å². The summed E-state index contributed by atoms with van der Waals surface area (Å²) < 4.78 is 6.30. The van der Waals surface area contributed by atoms with Gasteiger partial charge in [-0.3, -0.25) is 0 Å². The summed E-state index contributed by atoms with van der Waals surface area (Å²) in [6.45, 7) is 5.57. The highest BCUT2D eigenvalue weighted by atomic mass is 32.1. The number of esters is 1. The van der Waals surface area contributed by atoms with Crippen LogP contribution < -0.4 is 0 Å². The Bertz CT molecular complexity index is 525. The second-order valence-electron chi connectivity index (χ2n) is 4.54. The topological polar surface area (TPSA) is 39.2 Å². The zero-order valence-electron chi connectivity index (χ0n) is 9.48. The Kier molecular flexibility index (Phi) is 2.68. The highest BCUT2D eigenvalue weighted by molar-refractivity contribution is 7.16. The molecule has 84 valence electrons. The molecule has 0 aliphatic carbocycles. The molecule has 1 aromatic carbocycles. The second-order valence-corrected chi connectivity index (χ2v) is 5.42. The van der Waals surface area contributed by atoms with Crippen LogP contribution in [0.5, 0.6) is 0 Å². The van der Waals surface area contributed by atoms with Gasteiger partial charge in [0, 0.05) is 0 Å². The van der Waals surface area contributed by atoms with E-state index in [1.54, 1.807) is 11.6 Å². The van der Waals surface area contributed by atoms with Crippen LogP contribution in [0.15, 0.2) is 23.7 Å². The van der Waals surface area contributed by atoms with Crippen LogP contribution in [0.3, 0.4) is 0 Å². The predicted molar refractivity (Wildman–Crippen MR) is 64.8 cm³/mol. The first kappa shape index (κ1) is 11.1. The van der Waals surface area contributed by atoms with Gasteiger partial charge in [0.1, 0.15) is 5.60 Å². The van der Waals surface area contributed by atoms with Crippen molar-refractivity contribution < 1.29 is 9.53 Å². The largest absolute Gasteiger partial charge is 0.456 e. The molecule has 3 nitrogen and oxygen atoms in total. The number of carbonyl (C=O) groups excluding carboxylic acids is 1. The van der Waals surface area contributed by atoms with Crippen molar-refractivity contribution in [1.29, 1.82) is 0 Å². The molecule has 2 rings (SSSR count). The molecule has 0 aliphatic rings. The van der Waals surface area contributed by atoms with Crippen molar-refractivity contribution in [2.45, 2.75) is 26.4 Å². The molecule has 1 aromatic heterocycles. The van der Waals surface area contributed by atoms with Gasteiger partial charge in [-0.1, -0.05) is 0 Å². The Morgan fingerprint density at radius 2 is 2.12 bits per heavy atom. The quantitative estimate of drug-likeness (QED) is 0.712. The van der Waals surface area contributed by atoms with Gasteiger partial charge in [0.05, 0.1) is 21.3 Å². The molecule has 0 N–H and O–H groups in total. The van der Waals surface area contributed by atoms with Gasteiger partial charge in [-0.05, 0) is 39.0 Å². The third-order valence-corrected chi connectivity index (χ3v) is 2.76. The third kappa shape index (κ3) is 2.39. The van der Waals surface area contributed by atoms with E-state index in [1.807, 2.05) is 32.9 Å². The number of hydrogen-bond donors (Lipinski definition) is 0. The minimum absolute atomic E-state index is 0.289. The fourth-order valence-electron chi connectivity index (χ4n) is 1.32. The maximum Gasteiger partial charge on any atom is 0.338 e. The van der Waals surface area contributed by atoms with Crippen molar-refractivity contribution in [2.75, 3.05) is 0 Å². The first-order chi connectivity index (χ1) is 7.46. The van der Waals surface area contributed by atoms with E-state index in [2.05, 4.69) is 4.98 Å². The molecule has 2 aromatic rings. The van der Waals surface area contributed by atoms with Crippen molar-refractivity contribution in [1.82, 2.24) is 4.98 Å². The lowest BCUT2D eigenvalue weighted by molar-refractivity contribution is 0.00698. The van der Waals surface area contributed by atoms with Crippen LogP contribution in [-0.4, -0.2) is 16.6 Å². The molecular formula is C12H13NO2S. The Morgan fingerprint density at radius 1 is 1.38 bits per heavy atom. The van der Waals surface area contributed by atoms with Crippen LogP contribution in [-0.2, 0) is 4.74 Å². The zero-order valence-corrected chi connectivity index (χ0v) is 10.3. The molecule has 0 aliphatic heterocycles. The molecule has 0 unspecified atom stereocenters. The minimum atomic E-state index is -0.459. The highest BCUT2D eigenvalue weighted by Crippen LogP contribution is 2.20. The second kappa shape index (κ2) is 3.87. The van der Waals surface area contributed by atoms with Gasteiger partial charge < -0.3 is 4.74 Å². The summed E-state index contributed by atoms with van der Waals surface area (Å²) in [7, 11) is 0. The van der Waals surface area contributed by atoms with Crippen LogP contribution in [0.2, 0.25) is 0 Å². The van der Waals surface area contributed by atoms with Crippen LogP contribution in [0, 0.1) is 0 Å². The van der Waals surface area contributed by atoms with Gasteiger partial charge in [0.25, 0.3) is 0 Å². The number of rotatable bonds is 1. The van der Waals surface area contributed by atoms with Gasteiger partial charge in [-0.25, -0.2) is 9.78 Å². The third-order valence-electron chi connectivity index (χ3n) is 1.97. The Balaban J connectivity index is 2.29. The van der Waals surface area contributed by atoms with Gasteiger partial charge in [0.2, 0.25) is 0 Å². The van der Waals surface area contributed by atoms with Gasteiger partial charge >= 0.3 is 5.97 Å². The first-order valence-electron chi connectivity index (χ1n) is 5.02. The van der Waals surface area contributed by atoms with Crippen molar-refractivity contribution in [3.8, 4) is 0 Å². The summed E-state index contributed by atoms with van der Waals surface area (Å²) in [5.41, 5.74) is 2.80. The molecule has 4 heteroatoms. The number of nitrogens with zero attached hydrogens (tertiary/aromatic N) is 1. The number of hydrogen-bond acceptors (Lipinski definition) is 4. The minimum Gasteiger partial charge on any atom is -0.456 e. The Morgan fingerprint density at radius 3 is 2.81 bits per heavy atom. The smallest absolute Gasteiger partial charge is 0.338 e. The van der Waals surface area contributed by atoms with Crippen LogP contribution in [0.1, 0.15) is 31.1 Å². The number of fused-ring (bicyclic) bond motifs is 1. The summed E-state index contributed by atoms with van der Waals surface area (Å²) in [5, 5.41) is 0. The fraction of sp³-hybridized carbons (Fsp3) is 0.333. The van der Waals surface area contributed by atoms with Gasteiger partial charge in [-0.15, -0.1) is 11.3 Å². The zero-order chi connectivity index (χ0) is 11.8. The number of thiazole rings is 1. The molecule has 0 radical (unpaired) electrons. The first-order valence-corrected chi connectivity index (χ1v) is 5.90. The Hall–Kier alpha value is -1.42. The summed E-state index contributed by atoms with van der Waals surface area (Å²) in [5.74, 6) is -0.289. The average molecular weight is 235 g/mol. The average Bonchev–Trinajstić information content (AvgIpc) is 2.61. The molecular weight excluding hydrogens is 222 g/mol. The van der Waals surface area contributed by atoms with E-state index in [1.165, 1.54) is 11.3 Å². The van der Waals surface area contributed by atoms with Crippen LogP contribution >= 0.6 is 11.3 Å². The fourth-order valence-corrected chi connectivity index (χ4v) is 2.04. The van der Waals surface area contributed by atoms with Gasteiger partial charge in [-0.2, -0.15) is 0 Å². The molecule has 0 spiro atoms. The number of carbonyl (C=O) groups is 1. The molecule has 0 amide bonds. The molecule has 0 atom stereocenters. The summed E-state index contributed by atoms with van der Waals surface area (Å²) in [6, 6.07) is 5.41. The number of ether oxygens (including phenoxy) is 1. The molecule has 0 saturated heterocycles. The molecule has 0 saturated carbocycles. The van der Waals surface area contributed by atoms with Crippen molar-refractivity contribution in [2.24, 2.45) is 0 Å². The van der Waals surface area contributed by atoms with Crippen molar-refractivity contribution in [3.05, 3.63) is 29.3 Å². The number of aromatic nitrogens is 1. The lowest BCUT2D eigenvalue weighted by Crippen LogP contribution is -2.23. The monoisotopic (exact) mass is 235 g/mol. The summed E-state index contributed by atoms with van der Waals surface area (Å²) in [6.07, 6.45) is 0. The Labute approximate surface area is 98.1 Å². The van der Waals surface area contributed by atoms with E-state index in [0.29, 0.717) is 5.56 Å². The predicted octanol–water partition coefficient (Wildman–Crippen LogP) is 3.25.